The van der Waals surface area contributed by atoms with Gasteiger partial charge in [0, 0.05) is 30.8 Å². The molecule has 3 N–H and O–H groups in total. The molecule has 0 spiro atoms. The molecule has 2 rings (SSSR count). The first-order valence-corrected chi connectivity index (χ1v) is 6.59. The minimum absolute atomic E-state index is 0.139. The van der Waals surface area contributed by atoms with Crippen LogP contribution in [0.3, 0.4) is 0 Å². The van der Waals surface area contributed by atoms with Crippen LogP contribution in [0.25, 0.3) is 0 Å². The van der Waals surface area contributed by atoms with Crippen LogP contribution in [0.15, 0.2) is 18.2 Å². The van der Waals surface area contributed by atoms with Gasteiger partial charge in [0.15, 0.2) is 0 Å². The standard InChI is InChI=1S/C14H20N2O3/c1-2-16-14(17)12-4-3-11(15)7-13(12)19-9-10-5-6-18-8-10/h3-4,7,10H,2,5-6,8-9,15H2,1H3,(H,16,17). The van der Waals surface area contributed by atoms with E-state index in [9.17, 15) is 4.79 Å². The molecule has 1 aliphatic heterocycles. The molecule has 0 bridgehead atoms. The number of carbonyl (C=O) groups excluding carboxylic acids is 1. The number of amides is 1. The Morgan fingerprint density at radius 3 is 3.11 bits per heavy atom. The van der Waals surface area contributed by atoms with E-state index in [1.54, 1.807) is 18.2 Å². The van der Waals surface area contributed by atoms with Crippen molar-refractivity contribution in [2.75, 3.05) is 32.1 Å². The number of nitrogens with one attached hydrogen (secondary N) is 1. The van der Waals surface area contributed by atoms with E-state index in [2.05, 4.69) is 5.32 Å². The average molecular weight is 264 g/mol. The number of anilines is 1. The summed E-state index contributed by atoms with van der Waals surface area (Å²) in [6.07, 6.45) is 0.999. The number of benzene rings is 1. The molecule has 0 aliphatic carbocycles. The number of nitrogen functional groups attached to an aromatic ring is 1. The number of carbonyl (C=O) groups is 1. The van der Waals surface area contributed by atoms with E-state index >= 15 is 0 Å². The summed E-state index contributed by atoms with van der Waals surface area (Å²) in [6.45, 7) is 4.52. The van der Waals surface area contributed by atoms with Crippen molar-refractivity contribution in [3.63, 3.8) is 0 Å². The first-order valence-electron chi connectivity index (χ1n) is 6.59. The van der Waals surface area contributed by atoms with Crippen molar-refractivity contribution < 1.29 is 14.3 Å². The molecule has 19 heavy (non-hydrogen) atoms. The van der Waals surface area contributed by atoms with Crippen LogP contribution in [0.5, 0.6) is 5.75 Å². The van der Waals surface area contributed by atoms with Gasteiger partial charge in [0.1, 0.15) is 5.75 Å². The van der Waals surface area contributed by atoms with Gasteiger partial charge in [0.05, 0.1) is 18.8 Å². The highest BCUT2D eigenvalue weighted by Gasteiger charge is 2.18. The third-order valence-corrected chi connectivity index (χ3v) is 3.09. The second-order valence-electron chi connectivity index (χ2n) is 4.66. The Hall–Kier alpha value is -1.75. The highest BCUT2D eigenvalue weighted by atomic mass is 16.5. The van der Waals surface area contributed by atoms with E-state index in [0.29, 0.717) is 36.1 Å². The van der Waals surface area contributed by atoms with Gasteiger partial charge in [-0.15, -0.1) is 0 Å². The quantitative estimate of drug-likeness (QED) is 0.789. The fourth-order valence-electron chi connectivity index (χ4n) is 2.02. The van der Waals surface area contributed by atoms with Crippen LogP contribution in [0, 0.1) is 5.92 Å². The summed E-state index contributed by atoms with van der Waals surface area (Å²) in [4.78, 5) is 11.9. The zero-order valence-electron chi connectivity index (χ0n) is 11.1. The van der Waals surface area contributed by atoms with Crippen molar-refractivity contribution >= 4 is 11.6 Å². The second-order valence-corrected chi connectivity index (χ2v) is 4.66. The van der Waals surface area contributed by atoms with Crippen molar-refractivity contribution in [1.29, 1.82) is 0 Å². The van der Waals surface area contributed by atoms with Crippen LogP contribution >= 0.6 is 0 Å². The molecule has 0 radical (unpaired) electrons. The van der Waals surface area contributed by atoms with Crippen LogP contribution in [0.2, 0.25) is 0 Å². The lowest BCUT2D eigenvalue weighted by Gasteiger charge is -2.14. The third kappa shape index (κ3) is 3.61. The molecular weight excluding hydrogens is 244 g/mol. The van der Waals surface area contributed by atoms with Gasteiger partial charge >= 0.3 is 0 Å². The molecule has 1 atom stereocenters. The van der Waals surface area contributed by atoms with Crippen molar-refractivity contribution in [3.8, 4) is 5.75 Å². The molecule has 0 aromatic heterocycles. The van der Waals surface area contributed by atoms with Gasteiger partial charge in [-0.05, 0) is 25.5 Å². The van der Waals surface area contributed by atoms with Crippen molar-refractivity contribution in [3.05, 3.63) is 23.8 Å². The van der Waals surface area contributed by atoms with Crippen molar-refractivity contribution in [1.82, 2.24) is 5.32 Å². The minimum atomic E-state index is -0.139. The Labute approximate surface area is 113 Å². The van der Waals surface area contributed by atoms with Gasteiger partial charge < -0.3 is 20.5 Å². The largest absolute Gasteiger partial charge is 0.492 e. The lowest BCUT2D eigenvalue weighted by atomic mass is 10.1. The minimum Gasteiger partial charge on any atom is -0.492 e. The lowest BCUT2D eigenvalue weighted by Crippen LogP contribution is -2.24. The Bertz CT molecular complexity index is 442. The Balaban J connectivity index is 2.07. The monoisotopic (exact) mass is 264 g/mol. The van der Waals surface area contributed by atoms with Gasteiger partial charge in [0.25, 0.3) is 5.91 Å². The maximum absolute atomic E-state index is 11.9. The van der Waals surface area contributed by atoms with Gasteiger partial charge in [0.2, 0.25) is 0 Å². The molecule has 1 heterocycles. The molecule has 0 saturated carbocycles. The molecule has 1 saturated heterocycles. The van der Waals surface area contributed by atoms with Gasteiger partial charge in [-0.3, -0.25) is 4.79 Å². The van der Waals surface area contributed by atoms with E-state index in [-0.39, 0.29) is 5.91 Å². The van der Waals surface area contributed by atoms with Crippen molar-refractivity contribution in [2.45, 2.75) is 13.3 Å². The first-order chi connectivity index (χ1) is 9.20. The highest BCUT2D eigenvalue weighted by Crippen LogP contribution is 2.23. The molecular formula is C14H20N2O3. The van der Waals surface area contributed by atoms with Crippen LogP contribution < -0.4 is 15.8 Å². The number of nitrogens with two attached hydrogens (primary N) is 1. The summed E-state index contributed by atoms with van der Waals surface area (Å²) >= 11 is 0. The zero-order valence-corrected chi connectivity index (χ0v) is 11.1. The summed E-state index contributed by atoms with van der Waals surface area (Å²) in [5, 5.41) is 2.77. The predicted octanol–water partition coefficient (Wildman–Crippen LogP) is 1.43. The topological polar surface area (TPSA) is 73.6 Å². The third-order valence-electron chi connectivity index (χ3n) is 3.09. The van der Waals surface area contributed by atoms with Gasteiger partial charge in [-0.25, -0.2) is 0 Å². The van der Waals surface area contributed by atoms with Gasteiger partial charge in [-0.1, -0.05) is 0 Å². The van der Waals surface area contributed by atoms with Crippen LogP contribution in [-0.4, -0.2) is 32.3 Å². The summed E-state index contributed by atoms with van der Waals surface area (Å²) < 4.78 is 11.1. The second kappa shape index (κ2) is 6.43. The smallest absolute Gasteiger partial charge is 0.255 e. The summed E-state index contributed by atoms with van der Waals surface area (Å²) in [5.41, 5.74) is 6.86. The molecule has 1 aliphatic rings. The maximum Gasteiger partial charge on any atom is 0.255 e. The summed E-state index contributed by atoms with van der Waals surface area (Å²) in [7, 11) is 0. The molecule has 5 heteroatoms. The van der Waals surface area contributed by atoms with E-state index in [4.69, 9.17) is 15.2 Å². The molecule has 1 unspecified atom stereocenters. The Morgan fingerprint density at radius 1 is 1.58 bits per heavy atom. The Morgan fingerprint density at radius 2 is 2.42 bits per heavy atom. The Kier molecular flexibility index (Phi) is 4.63. The fraction of sp³-hybridized carbons (Fsp3) is 0.500. The van der Waals surface area contributed by atoms with E-state index in [1.807, 2.05) is 6.92 Å². The fourth-order valence-corrected chi connectivity index (χ4v) is 2.02. The van der Waals surface area contributed by atoms with E-state index in [1.165, 1.54) is 0 Å². The molecule has 1 aromatic carbocycles. The molecule has 5 nitrogen and oxygen atoms in total. The van der Waals surface area contributed by atoms with Crippen LogP contribution in [-0.2, 0) is 4.74 Å². The average Bonchev–Trinajstić information content (AvgIpc) is 2.89. The lowest BCUT2D eigenvalue weighted by molar-refractivity contribution is 0.0950. The summed E-state index contributed by atoms with van der Waals surface area (Å²) in [5.74, 6) is 0.793. The normalized spacial score (nSPS) is 18.3. The summed E-state index contributed by atoms with van der Waals surface area (Å²) in [6, 6.07) is 5.09. The molecule has 1 amide bonds. The van der Waals surface area contributed by atoms with Crippen LogP contribution in [0.1, 0.15) is 23.7 Å². The predicted molar refractivity (Wildman–Crippen MR) is 73.3 cm³/mol. The first kappa shape index (κ1) is 13.7. The maximum atomic E-state index is 11.9. The van der Waals surface area contributed by atoms with Crippen molar-refractivity contribution in [2.24, 2.45) is 5.92 Å². The molecule has 1 aromatic rings. The number of ether oxygens (including phenoxy) is 2. The van der Waals surface area contributed by atoms with E-state index in [0.717, 1.165) is 19.6 Å². The molecule has 1 fully saturated rings. The van der Waals surface area contributed by atoms with E-state index < -0.39 is 0 Å². The van der Waals surface area contributed by atoms with Gasteiger partial charge in [-0.2, -0.15) is 0 Å². The number of hydrogen-bond donors (Lipinski definition) is 2. The SMILES string of the molecule is CCNC(=O)c1ccc(N)cc1OCC1CCOC1. The van der Waals surface area contributed by atoms with Crippen LogP contribution in [0.4, 0.5) is 5.69 Å². The number of rotatable bonds is 5. The highest BCUT2D eigenvalue weighted by molar-refractivity contribution is 5.97. The zero-order chi connectivity index (χ0) is 13.7. The molecule has 104 valence electrons. The number of hydrogen-bond acceptors (Lipinski definition) is 4.